The van der Waals surface area contributed by atoms with Gasteiger partial charge in [-0.2, -0.15) is 0 Å². The molecule has 1 N–H and O–H groups in total. The third-order valence-corrected chi connectivity index (χ3v) is 4.04. The van der Waals surface area contributed by atoms with E-state index in [1.807, 2.05) is 24.3 Å². The Morgan fingerprint density at radius 3 is 2.89 bits per heavy atom. The Bertz CT molecular complexity index is 495. The van der Waals surface area contributed by atoms with Gasteiger partial charge in [0.15, 0.2) is 0 Å². The van der Waals surface area contributed by atoms with E-state index in [1.165, 1.54) is 4.88 Å². The number of benzene rings is 1. The van der Waals surface area contributed by atoms with Gasteiger partial charge in [0, 0.05) is 21.3 Å². The van der Waals surface area contributed by atoms with Crippen molar-refractivity contribution in [2.75, 3.05) is 6.61 Å². The van der Waals surface area contributed by atoms with Gasteiger partial charge in [0.25, 0.3) is 0 Å². The summed E-state index contributed by atoms with van der Waals surface area (Å²) in [6.07, 6.45) is 0.374. The Labute approximate surface area is 119 Å². The fourth-order valence-electron chi connectivity index (χ4n) is 1.69. The Morgan fingerprint density at radius 1 is 1.39 bits per heavy atom. The van der Waals surface area contributed by atoms with Gasteiger partial charge in [-0.05, 0) is 30.5 Å². The van der Waals surface area contributed by atoms with E-state index in [0.717, 1.165) is 22.2 Å². The molecule has 96 valence electrons. The van der Waals surface area contributed by atoms with Gasteiger partial charge in [-0.1, -0.05) is 28.1 Å². The second-order valence-electron chi connectivity index (χ2n) is 4.04. The highest BCUT2D eigenvalue weighted by Gasteiger charge is 2.09. The molecule has 1 atom stereocenters. The summed E-state index contributed by atoms with van der Waals surface area (Å²) in [6, 6.07) is 9.84. The van der Waals surface area contributed by atoms with Gasteiger partial charge in [-0.25, -0.2) is 0 Å². The molecule has 0 aliphatic carbocycles. The minimum absolute atomic E-state index is 0.519. The van der Waals surface area contributed by atoms with Gasteiger partial charge >= 0.3 is 0 Å². The number of halogens is 1. The van der Waals surface area contributed by atoms with Crippen LogP contribution in [0.15, 0.2) is 40.2 Å². The normalized spacial score (nSPS) is 12.4. The lowest BCUT2D eigenvalue weighted by Crippen LogP contribution is -2.04. The molecule has 1 heterocycles. The molecule has 0 aliphatic rings. The van der Waals surface area contributed by atoms with Gasteiger partial charge in [0.2, 0.25) is 0 Å². The SMILES string of the molecule is CC(O)c1ccc(Br)cc1OCCc1cccs1. The van der Waals surface area contributed by atoms with E-state index in [4.69, 9.17) is 4.74 Å². The van der Waals surface area contributed by atoms with Crippen LogP contribution in [0.5, 0.6) is 5.75 Å². The first kappa shape index (κ1) is 13.6. The van der Waals surface area contributed by atoms with Crippen molar-refractivity contribution in [3.63, 3.8) is 0 Å². The highest BCUT2D eigenvalue weighted by Crippen LogP contribution is 2.28. The van der Waals surface area contributed by atoms with Crippen LogP contribution in [-0.2, 0) is 6.42 Å². The molecule has 0 amide bonds. The smallest absolute Gasteiger partial charge is 0.126 e. The molecule has 0 radical (unpaired) electrons. The molecule has 18 heavy (non-hydrogen) atoms. The zero-order valence-corrected chi connectivity index (χ0v) is 12.5. The van der Waals surface area contributed by atoms with Crippen molar-refractivity contribution in [1.82, 2.24) is 0 Å². The third kappa shape index (κ3) is 3.57. The summed E-state index contributed by atoms with van der Waals surface area (Å²) in [5.74, 6) is 0.746. The fourth-order valence-corrected chi connectivity index (χ4v) is 2.73. The van der Waals surface area contributed by atoms with Crippen molar-refractivity contribution in [3.05, 3.63) is 50.6 Å². The summed E-state index contributed by atoms with van der Waals surface area (Å²) in [4.78, 5) is 1.31. The number of rotatable bonds is 5. The predicted octanol–water partition coefficient (Wildman–Crippen LogP) is 4.19. The number of hydrogen-bond donors (Lipinski definition) is 1. The first-order valence-electron chi connectivity index (χ1n) is 5.79. The van der Waals surface area contributed by atoms with Crippen molar-refractivity contribution in [2.24, 2.45) is 0 Å². The van der Waals surface area contributed by atoms with E-state index < -0.39 is 6.10 Å². The summed E-state index contributed by atoms with van der Waals surface area (Å²) in [5, 5.41) is 11.8. The summed E-state index contributed by atoms with van der Waals surface area (Å²) in [5.41, 5.74) is 0.823. The summed E-state index contributed by atoms with van der Waals surface area (Å²) < 4.78 is 6.73. The zero-order valence-electron chi connectivity index (χ0n) is 10.1. The van der Waals surface area contributed by atoms with Crippen LogP contribution in [0.1, 0.15) is 23.5 Å². The molecule has 1 unspecified atom stereocenters. The van der Waals surface area contributed by atoms with Gasteiger partial charge in [-0.3, -0.25) is 0 Å². The van der Waals surface area contributed by atoms with E-state index in [9.17, 15) is 5.11 Å². The molecule has 2 rings (SSSR count). The summed E-state index contributed by atoms with van der Waals surface area (Å²) in [6.45, 7) is 2.37. The van der Waals surface area contributed by atoms with E-state index >= 15 is 0 Å². The standard InChI is InChI=1S/C14H15BrO2S/c1-10(16)13-5-4-11(15)9-14(13)17-7-6-12-3-2-8-18-12/h2-5,8-10,16H,6-7H2,1H3. The molecular formula is C14H15BrO2S. The van der Waals surface area contributed by atoms with Crippen LogP contribution in [0.2, 0.25) is 0 Å². The Morgan fingerprint density at radius 2 is 2.22 bits per heavy atom. The van der Waals surface area contributed by atoms with E-state index in [-0.39, 0.29) is 0 Å². The van der Waals surface area contributed by atoms with Crippen molar-refractivity contribution in [1.29, 1.82) is 0 Å². The maximum Gasteiger partial charge on any atom is 0.126 e. The quantitative estimate of drug-likeness (QED) is 0.892. The number of thiophene rings is 1. The van der Waals surface area contributed by atoms with Gasteiger partial charge < -0.3 is 9.84 Å². The molecular weight excluding hydrogens is 312 g/mol. The fraction of sp³-hybridized carbons (Fsp3) is 0.286. The minimum atomic E-state index is -0.519. The van der Waals surface area contributed by atoms with Crippen molar-refractivity contribution < 1.29 is 9.84 Å². The van der Waals surface area contributed by atoms with Gasteiger partial charge in [0.1, 0.15) is 5.75 Å². The highest BCUT2D eigenvalue weighted by molar-refractivity contribution is 9.10. The van der Waals surface area contributed by atoms with Crippen LogP contribution in [0, 0.1) is 0 Å². The molecule has 0 spiro atoms. The van der Waals surface area contributed by atoms with E-state index in [2.05, 4.69) is 27.4 Å². The lowest BCUT2D eigenvalue weighted by molar-refractivity contribution is 0.191. The van der Waals surface area contributed by atoms with E-state index in [1.54, 1.807) is 18.3 Å². The van der Waals surface area contributed by atoms with Gasteiger partial charge in [0.05, 0.1) is 12.7 Å². The summed E-state index contributed by atoms with van der Waals surface area (Å²) in [7, 11) is 0. The maximum atomic E-state index is 9.69. The van der Waals surface area contributed by atoms with Crippen molar-refractivity contribution >= 4 is 27.3 Å². The lowest BCUT2D eigenvalue weighted by Gasteiger charge is -2.13. The highest BCUT2D eigenvalue weighted by atomic mass is 79.9. The molecule has 0 aliphatic heterocycles. The van der Waals surface area contributed by atoms with E-state index in [0.29, 0.717) is 6.61 Å². The van der Waals surface area contributed by atoms with Crippen molar-refractivity contribution in [3.8, 4) is 5.75 Å². The number of aliphatic hydroxyl groups excluding tert-OH is 1. The van der Waals surface area contributed by atoms with Crippen LogP contribution >= 0.6 is 27.3 Å². The molecule has 0 saturated heterocycles. The number of aliphatic hydroxyl groups is 1. The maximum absolute atomic E-state index is 9.69. The molecule has 1 aromatic heterocycles. The average Bonchev–Trinajstić information content (AvgIpc) is 2.82. The Balaban J connectivity index is 2.01. The van der Waals surface area contributed by atoms with Crippen LogP contribution in [0.25, 0.3) is 0 Å². The molecule has 0 saturated carbocycles. The molecule has 0 fully saturated rings. The molecule has 0 bridgehead atoms. The first-order chi connectivity index (χ1) is 8.66. The largest absolute Gasteiger partial charge is 0.493 e. The molecule has 4 heteroatoms. The molecule has 2 nitrogen and oxygen atoms in total. The summed E-state index contributed by atoms with van der Waals surface area (Å²) >= 11 is 5.15. The van der Waals surface area contributed by atoms with Crippen molar-refractivity contribution in [2.45, 2.75) is 19.4 Å². The minimum Gasteiger partial charge on any atom is -0.493 e. The zero-order chi connectivity index (χ0) is 13.0. The average molecular weight is 327 g/mol. The van der Waals surface area contributed by atoms with Gasteiger partial charge in [-0.15, -0.1) is 11.3 Å². The lowest BCUT2D eigenvalue weighted by atomic mass is 10.1. The number of hydrogen-bond acceptors (Lipinski definition) is 3. The Hall–Kier alpha value is -0.840. The second kappa shape index (κ2) is 6.36. The monoisotopic (exact) mass is 326 g/mol. The first-order valence-corrected chi connectivity index (χ1v) is 7.47. The topological polar surface area (TPSA) is 29.5 Å². The van der Waals surface area contributed by atoms with Crippen LogP contribution in [0.4, 0.5) is 0 Å². The molecule has 1 aromatic carbocycles. The van der Waals surface area contributed by atoms with Crippen LogP contribution in [0.3, 0.4) is 0 Å². The van der Waals surface area contributed by atoms with Crippen LogP contribution < -0.4 is 4.74 Å². The molecule has 2 aromatic rings. The van der Waals surface area contributed by atoms with Crippen LogP contribution in [-0.4, -0.2) is 11.7 Å². The number of ether oxygens (including phenoxy) is 1. The third-order valence-electron chi connectivity index (χ3n) is 2.61. The predicted molar refractivity (Wildman–Crippen MR) is 78.3 cm³/mol. The second-order valence-corrected chi connectivity index (χ2v) is 5.98. The Kier molecular flexibility index (Phi) is 4.80.